The third kappa shape index (κ3) is 5.44. The molecule has 4 heterocycles. The Morgan fingerprint density at radius 3 is 2.47 bits per heavy atom. The Labute approximate surface area is 222 Å². The summed E-state index contributed by atoms with van der Waals surface area (Å²) in [6.07, 6.45) is 6.70. The summed E-state index contributed by atoms with van der Waals surface area (Å²) in [6.45, 7) is 9.10. The number of aryl methyl sites for hydroxylation is 1. The Bertz CT molecular complexity index is 1160. The van der Waals surface area contributed by atoms with Gasteiger partial charge < -0.3 is 18.8 Å². The van der Waals surface area contributed by atoms with Gasteiger partial charge in [0.15, 0.2) is 11.8 Å². The molecule has 0 spiro atoms. The van der Waals surface area contributed by atoms with Gasteiger partial charge in [-0.15, -0.1) is 0 Å². The third-order valence-corrected chi connectivity index (χ3v) is 6.89. The van der Waals surface area contributed by atoms with Crippen LogP contribution in [0.2, 0.25) is 0 Å². The maximum absolute atomic E-state index is 13.8. The summed E-state index contributed by atoms with van der Waals surface area (Å²) in [5.41, 5.74) is 0.775. The molecule has 2 amide bonds. The maximum atomic E-state index is 13.8. The fourth-order valence-electron chi connectivity index (χ4n) is 4.88. The van der Waals surface area contributed by atoms with Crippen molar-refractivity contribution in [3.63, 3.8) is 0 Å². The van der Waals surface area contributed by atoms with Gasteiger partial charge in [0, 0.05) is 23.4 Å². The van der Waals surface area contributed by atoms with Crippen molar-refractivity contribution >= 4 is 23.8 Å². The lowest BCUT2D eigenvalue weighted by atomic mass is 9.80. The average molecular weight is 526 g/mol. The molecule has 2 aliphatic rings. The molecule has 0 aromatic carbocycles. The molecule has 2 aromatic heterocycles. The molecule has 10 nitrogen and oxygen atoms in total. The summed E-state index contributed by atoms with van der Waals surface area (Å²) in [5.74, 6) is -1.60. The van der Waals surface area contributed by atoms with Crippen LogP contribution in [0.5, 0.6) is 0 Å². The predicted molar refractivity (Wildman–Crippen MR) is 136 cm³/mol. The molecule has 2 saturated heterocycles. The molecule has 0 bridgehead atoms. The molecule has 4 rings (SSSR count). The molecule has 0 N–H and O–H groups in total. The smallest absolute Gasteiger partial charge is 0.411 e. The van der Waals surface area contributed by atoms with Crippen molar-refractivity contribution in [1.29, 1.82) is 0 Å². The molecule has 0 aliphatic carbocycles. The highest BCUT2D eigenvalue weighted by Gasteiger charge is 2.60. The van der Waals surface area contributed by atoms with E-state index in [0.717, 1.165) is 5.56 Å². The second-order valence-corrected chi connectivity index (χ2v) is 11.2. The first-order valence-electron chi connectivity index (χ1n) is 12.9. The molecule has 0 radical (unpaired) electrons. The van der Waals surface area contributed by atoms with Gasteiger partial charge in [-0.1, -0.05) is 34.6 Å². The quantitative estimate of drug-likeness (QED) is 0.262. The number of amides is 2. The van der Waals surface area contributed by atoms with E-state index in [1.165, 1.54) is 22.3 Å². The minimum atomic E-state index is -1.41. The normalized spacial score (nSPS) is 22.3. The van der Waals surface area contributed by atoms with Gasteiger partial charge in [0.25, 0.3) is 0 Å². The first-order valence-corrected chi connectivity index (χ1v) is 12.9. The summed E-state index contributed by atoms with van der Waals surface area (Å²) < 4.78 is 16.0. The molecular formula is C28H35N3O7. The second-order valence-electron chi connectivity index (χ2n) is 11.2. The van der Waals surface area contributed by atoms with E-state index in [0.29, 0.717) is 18.4 Å². The lowest BCUT2D eigenvalue weighted by Crippen LogP contribution is -2.76. The van der Waals surface area contributed by atoms with Crippen LogP contribution in [0.3, 0.4) is 0 Å². The van der Waals surface area contributed by atoms with Crippen molar-refractivity contribution in [2.45, 2.75) is 71.6 Å². The second kappa shape index (κ2) is 11.0. The molecule has 0 saturated carbocycles. The predicted octanol–water partition coefficient (Wildman–Crippen LogP) is 3.56. The molecule has 2 aliphatic heterocycles. The molecule has 10 heteroatoms. The Balaban J connectivity index is 1.69. The highest BCUT2D eigenvalue weighted by molar-refractivity contribution is 6.10. The number of hydrogen-bond donors (Lipinski definition) is 0. The van der Waals surface area contributed by atoms with Gasteiger partial charge >= 0.3 is 12.1 Å². The van der Waals surface area contributed by atoms with E-state index in [9.17, 15) is 19.2 Å². The number of hydrogen-bond acceptors (Lipinski definition) is 8. The Morgan fingerprint density at radius 2 is 1.87 bits per heavy atom. The number of carbonyl (C=O) groups is 4. The summed E-state index contributed by atoms with van der Waals surface area (Å²) in [6, 6.07) is 2.01. The number of aromatic nitrogens is 1. The van der Waals surface area contributed by atoms with Crippen LogP contribution in [0.25, 0.3) is 0 Å². The van der Waals surface area contributed by atoms with Gasteiger partial charge in [0.1, 0.15) is 12.6 Å². The van der Waals surface area contributed by atoms with E-state index in [1.807, 2.05) is 26.0 Å². The fourth-order valence-corrected chi connectivity index (χ4v) is 4.88. The number of ketones is 1. The average Bonchev–Trinajstić information content (AvgIpc) is 3.53. The highest BCUT2D eigenvalue weighted by Crippen LogP contribution is 2.40. The Kier molecular flexibility index (Phi) is 7.89. The van der Waals surface area contributed by atoms with Crippen LogP contribution in [-0.4, -0.2) is 69.9 Å². The monoisotopic (exact) mass is 525 g/mol. The van der Waals surface area contributed by atoms with E-state index in [1.54, 1.807) is 39.2 Å². The topological polar surface area (TPSA) is 119 Å². The highest BCUT2D eigenvalue weighted by atomic mass is 16.6. The number of rotatable bonds is 10. The maximum Gasteiger partial charge on any atom is 0.411 e. The fraction of sp³-hybridized carbons (Fsp3) is 0.536. The van der Waals surface area contributed by atoms with Crippen molar-refractivity contribution in [3.8, 4) is 0 Å². The van der Waals surface area contributed by atoms with Crippen molar-refractivity contribution in [2.24, 2.45) is 11.3 Å². The number of ether oxygens (including phenoxy) is 2. The van der Waals surface area contributed by atoms with Crippen molar-refractivity contribution in [2.75, 3.05) is 13.2 Å². The SMILES string of the molecule is CC(C)COC(=O)C(C(=O)C(C)(C)C)N1C(=O)C(N2C(=O)OCC2c2ccoc2)C1CCc1ccncc1. The minimum absolute atomic E-state index is 0.0572. The van der Waals surface area contributed by atoms with Gasteiger partial charge in [0.2, 0.25) is 5.91 Å². The molecule has 2 fully saturated rings. The van der Waals surface area contributed by atoms with E-state index in [-0.39, 0.29) is 19.1 Å². The summed E-state index contributed by atoms with van der Waals surface area (Å²) >= 11 is 0. The Hall–Kier alpha value is -3.69. The number of furan rings is 1. The van der Waals surface area contributed by atoms with Crippen LogP contribution < -0.4 is 0 Å². The number of pyridine rings is 1. The lowest BCUT2D eigenvalue weighted by Gasteiger charge is -2.53. The minimum Gasteiger partial charge on any atom is -0.472 e. The van der Waals surface area contributed by atoms with Crippen LogP contribution in [0.4, 0.5) is 4.79 Å². The molecule has 38 heavy (non-hydrogen) atoms. The molecule has 204 valence electrons. The molecule has 2 aromatic rings. The van der Waals surface area contributed by atoms with Crippen molar-refractivity contribution in [1.82, 2.24) is 14.8 Å². The first-order chi connectivity index (χ1) is 18.0. The number of cyclic esters (lactones) is 1. The number of esters is 1. The van der Waals surface area contributed by atoms with E-state index < -0.39 is 53.3 Å². The van der Waals surface area contributed by atoms with E-state index in [2.05, 4.69) is 4.98 Å². The molecular weight excluding hydrogens is 490 g/mol. The zero-order valence-electron chi connectivity index (χ0n) is 22.5. The van der Waals surface area contributed by atoms with E-state index >= 15 is 0 Å². The van der Waals surface area contributed by atoms with Crippen molar-refractivity contribution < 1.29 is 33.1 Å². The number of likely N-dealkylation sites (tertiary alicyclic amines) is 1. The number of carbonyl (C=O) groups excluding carboxylic acids is 4. The van der Waals surface area contributed by atoms with Gasteiger partial charge in [-0.2, -0.15) is 0 Å². The zero-order chi connectivity index (χ0) is 27.6. The summed E-state index contributed by atoms with van der Waals surface area (Å²) in [5, 5.41) is 0. The van der Waals surface area contributed by atoms with Crippen LogP contribution in [0, 0.1) is 11.3 Å². The van der Waals surface area contributed by atoms with Crippen LogP contribution >= 0.6 is 0 Å². The number of Topliss-reactive ketones (excluding diaryl/α,β-unsaturated/α-hetero) is 1. The van der Waals surface area contributed by atoms with Crippen LogP contribution in [0.1, 0.15) is 58.2 Å². The van der Waals surface area contributed by atoms with E-state index in [4.69, 9.17) is 13.9 Å². The standard InChI is InChI=1S/C28H35N3O7/c1-17(2)14-37-26(34)23(24(32)28(3,4)5)30-20(7-6-18-8-11-29-12-9-18)22(25(30)33)31-21(16-38-27(31)35)19-10-13-36-15-19/h8-13,15,17,20-23H,6-7,14,16H2,1-5H3. The zero-order valence-corrected chi connectivity index (χ0v) is 22.5. The van der Waals surface area contributed by atoms with Gasteiger partial charge in [-0.3, -0.25) is 19.5 Å². The summed E-state index contributed by atoms with van der Waals surface area (Å²) in [7, 11) is 0. The molecule has 4 unspecified atom stereocenters. The largest absolute Gasteiger partial charge is 0.472 e. The molecule has 4 atom stereocenters. The lowest BCUT2D eigenvalue weighted by molar-refractivity contribution is -0.178. The number of nitrogens with zero attached hydrogens (tertiary/aromatic N) is 3. The summed E-state index contributed by atoms with van der Waals surface area (Å²) in [4.78, 5) is 60.4. The number of β-lactam (4-membered cyclic amide) rings is 1. The third-order valence-electron chi connectivity index (χ3n) is 6.89. The Morgan fingerprint density at radius 1 is 1.16 bits per heavy atom. The van der Waals surface area contributed by atoms with Crippen LogP contribution in [0.15, 0.2) is 47.5 Å². The first kappa shape index (κ1) is 27.3. The van der Waals surface area contributed by atoms with Gasteiger partial charge in [-0.05, 0) is 42.5 Å². The van der Waals surface area contributed by atoms with Crippen LogP contribution in [-0.2, 0) is 30.3 Å². The van der Waals surface area contributed by atoms with Gasteiger partial charge in [0.05, 0.1) is 31.2 Å². The van der Waals surface area contributed by atoms with Gasteiger partial charge in [-0.25, -0.2) is 9.59 Å². The van der Waals surface area contributed by atoms with Crippen molar-refractivity contribution in [3.05, 3.63) is 54.2 Å².